The van der Waals surface area contributed by atoms with Crippen LogP contribution in [0.3, 0.4) is 0 Å². The van der Waals surface area contributed by atoms with E-state index in [0.29, 0.717) is 5.56 Å². The molecule has 4 nitrogen and oxygen atoms in total. The van der Waals surface area contributed by atoms with Crippen molar-refractivity contribution < 1.29 is 14.3 Å². The largest absolute Gasteiger partial charge is 0.461 e. The summed E-state index contributed by atoms with van der Waals surface area (Å²) in [5.41, 5.74) is 0.533. The van der Waals surface area contributed by atoms with Gasteiger partial charge in [-0.3, -0.25) is 4.79 Å². The number of hydrogen-bond donors (Lipinski definition) is 1. The molecular formula is C15H21NO3. The van der Waals surface area contributed by atoms with Crippen LogP contribution in [0.4, 0.5) is 0 Å². The first kappa shape index (κ1) is 15.2. The Kier molecular flexibility index (Phi) is 5.55. The highest BCUT2D eigenvalue weighted by molar-refractivity contribution is 5.96. The van der Waals surface area contributed by atoms with Gasteiger partial charge in [-0.25, -0.2) is 4.79 Å². The third-order valence-corrected chi connectivity index (χ3v) is 2.60. The predicted octanol–water partition coefficient (Wildman–Crippen LogP) is 2.39. The maximum absolute atomic E-state index is 12.0. The number of esters is 1. The van der Waals surface area contributed by atoms with Gasteiger partial charge in [-0.1, -0.05) is 32.0 Å². The summed E-state index contributed by atoms with van der Waals surface area (Å²) in [4.78, 5) is 24.0. The molecule has 1 atom stereocenters. The summed E-state index contributed by atoms with van der Waals surface area (Å²) >= 11 is 0. The van der Waals surface area contributed by atoms with E-state index in [0.717, 1.165) is 0 Å². The van der Waals surface area contributed by atoms with Crippen LogP contribution in [0.5, 0.6) is 0 Å². The third-order valence-electron chi connectivity index (χ3n) is 2.60. The molecule has 0 unspecified atom stereocenters. The van der Waals surface area contributed by atoms with Gasteiger partial charge in [-0.2, -0.15) is 0 Å². The maximum Gasteiger partial charge on any atom is 0.329 e. The second-order valence-electron chi connectivity index (χ2n) is 5.05. The van der Waals surface area contributed by atoms with Gasteiger partial charge in [0.25, 0.3) is 5.91 Å². The van der Waals surface area contributed by atoms with E-state index in [1.807, 2.05) is 19.9 Å². The summed E-state index contributed by atoms with van der Waals surface area (Å²) in [6.45, 7) is 7.32. The second-order valence-corrected chi connectivity index (χ2v) is 5.05. The lowest BCUT2D eigenvalue weighted by atomic mass is 10.0. The van der Waals surface area contributed by atoms with Gasteiger partial charge in [0.15, 0.2) is 0 Å². The summed E-state index contributed by atoms with van der Waals surface area (Å²) in [5.74, 6) is -0.687. The number of amides is 1. The van der Waals surface area contributed by atoms with Crippen LogP contribution in [0.25, 0.3) is 0 Å². The first-order chi connectivity index (χ1) is 8.91. The molecule has 1 rings (SSSR count). The van der Waals surface area contributed by atoms with Gasteiger partial charge < -0.3 is 10.1 Å². The minimum Gasteiger partial charge on any atom is -0.461 e. The molecule has 4 heteroatoms. The van der Waals surface area contributed by atoms with E-state index in [1.165, 1.54) is 0 Å². The van der Waals surface area contributed by atoms with E-state index in [2.05, 4.69) is 5.32 Å². The molecule has 19 heavy (non-hydrogen) atoms. The van der Waals surface area contributed by atoms with Crippen LogP contribution in [0.2, 0.25) is 0 Å². The fourth-order valence-corrected chi connectivity index (χ4v) is 1.62. The van der Waals surface area contributed by atoms with E-state index >= 15 is 0 Å². The molecule has 104 valence electrons. The minimum absolute atomic E-state index is 0.0288. The molecule has 1 aromatic rings. The van der Waals surface area contributed by atoms with Crippen molar-refractivity contribution in [3.8, 4) is 0 Å². The molecule has 0 aliphatic carbocycles. The van der Waals surface area contributed by atoms with Crippen molar-refractivity contribution in [2.24, 2.45) is 5.92 Å². The lowest BCUT2D eigenvalue weighted by Crippen LogP contribution is -2.45. The molecule has 0 radical (unpaired) electrons. The van der Waals surface area contributed by atoms with Crippen LogP contribution in [-0.4, -0.2) is 24.0 Å². The first-order valence-electron chi connectivity index (χ1n) is 6.48. The number of hydrogen-bond acceptors (Lipinski definition) is 3. The van der Waals surface area contributed by atoms with Crippen LogP contribution >= 0.6 is 0 Å². The zero-order valence-electron chi connectivity index (χ0n) is 11.8. The van der Waals surface area contributed by atoms with Gasteiger partial charge >= 0.3 is 5.97 Å². The Labute approximate surface area is 114 Å². The van der Waals surface area contributed by atoms with Gasteiger partial charge in [0.2, 0.25) is 0 Å². The third kappa shape index (κ3) is 4.73. The maximum atomic E-state index is 12.0. The van der Waals surface area contributed by atoms with Crippen LogP contribution in [0.1, 0.15) is 38.1 Å². The molecule has 0 bridgehead atoms. The van der Waals surface area contributed by atoms with Crippen molar-refractivity contribution in [3.05, 3.63) is 35.9 Å². The highest BCUT2D eigenvalue weighted by atomic mass is 16.5. The average molecular weight is 263 g/mol. The number of benzene rings is 1. The van der Waals surface area contributed by atoms with Crippen LogP contribution < -0.4 is 5.32 Å². The Morgan fingerprint density at radius 2 is 1.63 bits per heavy atom. The molecular weight excluding hydrogens is 242 g/mol. The van der Waals surface area contributed by atoms with E-state index in [1.54, 1.807) is 38.1 Å². The summed E-state index contributed by atoms with van der Waals surface area (Å²) < 4.78 is 5.16. The van der Waals surface area contributed by atoms with Gasteiger partial charge in [-0.15, -0.1) is 0 Å². The molecule has 0 saturated carbocycles. The van der Waals surface area contributed by atoms with E-state index in [4.69, 9.17) is 4.74 Å². The second kappa shape index (κ2) is 6.92. The van der Waals surface area contributed by atoms with E-state index < -0.39 is 12.0 Å². The molecule has 0 saturated heterocycles. The molecule has 0 aliphatic heterocycles. The summed E-state index contributed by atoms with van der Waals surface area (Å²) in [7, 11) is 0. The molecule has 1 aromatic carbocycles. The highest BCUT2D eigenvalue weighted by Crippen LogP contribution is 2.08. The number of ether oxygens (including phenoxy) is 1. The lowest BCUT2D eigenvalue weighted by Gasteiger charge is -2.22. The van der Waals surface area contributed by atoms with Crippen LogP contribution in [0.15, 0.2) is 30.3 Å². The van der Waals surface area contributed by atoms with E-state index in [9.17, 15) is 9.59 Å². The van der Waals surface area contributed by atoms with Crippen LogP contribution in [-0.2, 0) is 9.53 Å². The number of rotatable bonds is 5. The Morgan fingerprint density at radius 1 is 1.05 bits per heavy atom. The Hall–Kier alpha value is -1.84. The smallest absolute Gasteiger partial charge is 0.329 e. The van der Waals surface area contributed by atoms with Crippen molar-refractivity contribution in [1.29, 1.82) is 0 Å². The number of carbonyl (C=O) groups is 2. The zero-order chi connectivity index (χ0) is 14.4. The van der Waals surface area contributed by atoms with Crippen molar-refractivity contribution >= 4 is 11.9 Å². The van der Waals surface area contributed by atoms with Crippen molar-refractivity contribution in [3.63, 3.8) is 0 Å². The quantitative estimate of drug-likeness (QED) is 0.830. The SMILES string of the molecule is CC(C)OC(=O)[C@@H](NC(=O)c1ccccc1)C(C)C. The van der Waals surface area contributed by atoms with Gasteiger partial charge in [0.1, 0.15) is 6.04 Å². The first-order valence-corrected chi connectivity index (χ1v) is 6.48. The molecule has 1 amide bonds. The molecule has 0 fully saturated rings. The number of nitrogens with one attached hydrogen (secondary N) is 1. The molecule has 0 heterocycles. The Balaban J connectivity index is 2.74. The minimum atomic E-state index is -0.630. The molecule has 0 aromatic heterocycles. The van der Waals surface area contributed by atoms with Crippen molar-refractivity contribution in [2.45, 2.75) is 39.8 Å². The molecule has 0 spiro atoms. The topological polar surface area (TPSA) is 55.4 Å². The standard InChI is InChI=1S/C15H21NO3/c1-10(2)13(15(18)19-11(3)4)16-14(17)12-8-6-5-7-9-12/h5-11,13H,1-4H3,(H,16,17)/t13-/m0/s1. The monoisotopic (exact) mass is 263 g/mol. The summed E-state index contributed by atoms with van der Waals surface area (Å²) in [5, 5.41) is 2.72. The average Bonchev–Trinajstić information content (AvgIpc) is 2.35. The fourth-order valence-electron chi connectivity index (χ4n) is 1.62. The van der Waals surface area contributed by atoms with Crippen molar-refractivity contribution in [2.75, 3.05) is 0 Å². The Bertz CT molecular complexity index is 426. The fraction of sp³-hybridized carbons (Fsp3) is 0.467. The molecule has 1 N–H and O–H groups in total. The van der Waals surface area contributed by atoms with E-state index in [-0.39, 0.29) is 17.9 Å². The lowest BCUT2D eigenvalue weighted by molar-refractivity contribution is -0.150. The number of carbonyl (C=O) groups excluding carboxylic acids is 2. The van der Waals surface area contributed by atoms with Gasteiger partial charge in [0, 0.05) is 5.56 Å². The van der Waals surface area contributed by atoms with Crippen molar-refractivity contribution in [1.82, 2.24) is 5.32 Å². The normalized spacial score (nSPS) is 12.3. The van der Waals surface area contributed by atoms with Gasteiger partial charge in [-0.05, 0) is 31.9 Å². The zero-order valence-corrected chi connectivity index (χ0v) is 11.8. The highest BCUT2D eigenvalue weighted by Gasteiger charge is 2.26. The summed E-state index contributed by atoms with van der Waals surface area (Å²) in [6, 6.07) is 8.19. The predicted molar refractivity (Wildman–Crippen MR) is 73.8 cm³/mol. The van der Waals surface area contributed by atoms with Crippen LogP contribution in [0, 0.1) is 5.92 Å². The Morgan fingerprint density at radius 3 is 2.11 bits per heavy atom. The van der Waals surface area contributed by atoms with Gasteiger partial charge in [0.05, 0.1) is 6.10 Å². The summed E-state index contributed by atoms with van der Waals surface area (Å²) in [6.07, 6.45) is -0.192. The molecule has 0 aliphatic rings.